The zero-order chi connectivity index (χ0) is 14.4. The molecule has 0 spiro atoms. The van der Waals surface area contributed by atoms with Gasteiger partial charge in [0.2, 0.25) is 11.8 Å². The number of nitrogens with two attached hydrogens (primary N) is 1. The molecule has 0 saturated carbocycles. The Morgan fingerprint density at radius 2 is 1.89 bits per heavy atom. The minimum absolute atomic E-state index is 0.0492. The first-order chi connectivity index (χ1) is 8.93. The predicted molar refractivity (Wildman–Crippen MR) is 65.8 cm³/mol. The van der Waals surface area contributed by atoms with Gasteiger partial charge in [-0.05, 0) is 18.2 Å². The fourth-order valence-electron chi connectivity index (χ4n) is 1.21. The first-order valence-electron chi connectivity index (χ1n) is 5.27. The van der Waals surface area contributed by atoms with Crippen LogP contribution in [-0.2, 0) is 9.59 Å². The van der Waals surface area contributed by atoms with Crippen molar-refractivity contribution in [1.29, 1.82) is 0 Å². The molecule has 0 heterocycles. The number of aromatic carboxylic acids is 1. The molecule has 1 aromatic rings. The molecule has 0 radical (unpaired) electrons. The third-order valence-electron chi connectivity index (χ3n) is 2.15. The van der Waals surface area contributed by atoms with Gasteiger partial charge < -0.3 is 26.6 Å². The Morgan fingerprint density at radius 1 is 1.21 bits per heavy atom. The molecular weight excluding hydrogens is 254 g/mol. The van der Waals surface area contributed by atoms with Crippen molar-refractivity contribution in [2.45, 2.75) is 0 Å². The van der Waals surface area contributed by atoms with Crippen molar-refractivity contribution in [1.82, 2.24) is 5.32 Å². The van der Waals surface area contributed by atoms with E-state index in [1.54, 1.807) is 0 Å². The van der Waals surface area contributed by atoms with Gasteiger partial charge in [-0.15, -0.1) is 0 Å². The number of carbonyl (C=O) groups excluding carboxylic acids is 2. The number of carbonyl (C=O) groups is 3. The molecule has 1 rings (SSSR count). The van der Waals surface area contributed by atoms with Crippen LogP contribution in [0.2, 0.25) is 0 Å². The second-order valence-corrected chi connectivity index (χ2v) is 3.57. The lowest BCUT2D eigenvalue weighted by Crippen LogP contribution is -2.36. The average Bonchev–Trinajstić information content (AvgIpc) is 2.38. The van der Waals surface area contributed by atoms with E-state index in [1.165, 1.54) is 6.07 Å². The van der Waals surface area contributed by atoms with Crippen molar-refractivity contribution in [3.8, 4) is 5.75 Å². The molecule has 6 N–H and O–H groups in total. The Labute approximate surface area is 108 Å². The Kier molecular flexibility index (Phi) is 4.84. The summed E-state index contributed by atoms with van der Waals surface area (Å²) >= 11 is 0. The van der Waals surface area contributed by atoms with E-state index >= 15 is 0 Å². The van der Waals surface area contributed by atoms with Crippen LogP contribution >= 0.6 is 0 Å². The summed E-state index contributed by atoms with van der Waals surface area (Å²) in [5, 5.41) is 22.8. The van der Waals surface area contributed by atoms with Crippen LogP contribution in [0.5, 0.6) is 5.75 Å². The van der Waals surface area contributed by atoms with Crippen LogP contribution in [0.3, 0.4) is 0 Å². The summed E-state index contributed by atoms with van der Waals surface area (Å²) in [4.78, 5) is 33.0. The third kappa shape index (κ3) is 4.28. The van der Waals surface area contributed by atoms with Gasteiger partial charge in [-0.25, -0.2) is 4.79 Å². The number of anilines is 1. The fraction of sp³-hybridized carbons (Fsp3) is 0.182. The van der Waals surface area contributed by atoms with E-state index in [0.29, 0.717) is 0 Å². The number of amides is 2. The van der Waals surface area contributed by atoms with Gasteiger partial charge in [0.25, 0.3) is 0 Å². The van der Waals surface area contributed by atoms with Gasteiger partial charge in [0.1, 0.15) is 5.75 Å². The van der Waals surface area contributed by atoms with Gasteiger partial charge in [-0.1, -0.05) is 0 Å². The minimum atomic E-state index is -1.19. The summed E-state index contributed by atoms with van der Waals surface area (Å²) in [6.07, 6.45) is 0. The lowest BCUT2D eigenvalue weighted by molar-refractivity contribution is -0.123. The van der Waals surface area contributed by atoms with E-state index in [4.69, 9.17) is 10.8 Å². The average molecular weight is 267 g/mol. The van der Waals surface area contributed by atoms with E-state index in [1.807, 2.05) is 0 Å². The maximum atomic E-state index is 11.4. The summed E-state index contributed by atoms with van der Waals surface area (Å²) in [5.41, 5.74) is 4.91. The van der Waals surface area contributed by atoms with Gasteiger partial charge in [0, 0.05) is 0 Å². The largest absolute Gasteiger partial charge is 0.506 e. The van der Waals surface area contributed by atoms with Crippen LogP contribution in [0.25, 0.3) is 0 Å². The summed E-state index contributed by atoms with van der Waals surface area (Å²) in [5.74, 6) is -2.58. The molecule has 2 amide bonds. The highest BCUT2D eigenvalue weighted by molar-refractivity contribution is 5.97. The fourth-order valence-corrected chi connectivity index (χ4v) is 1.21. The van der Waals surface area contributed by atoms with Gasteiger partial charge in [-0.3, -0.25) is 9.59 Å². The van der Waals surface area contributed by atoms with Gasteiger partial charge >= 0.3 is 5.97 Å². The zero-order valence-electron chi connectivity index (χ0n) is 9.84. The van der Waals surface area contributed by atoms with Crippen molar-refractivity contribution in [2.75, 3.05) is 18.4 Å². The molecule has 19 heavy (non-hydrogen) atoms. The number of hydrogen-bond acceptors (Lipinski definition) is 5. The Balaban J connectivity index is 2.70. The molecule has 1 aromatic carbocycles. The van der Waals surface area contributed by atoms with Crippen LogP contribution in [-0.4, -0.2) is 41.1 Å². The molecule has 8 nitrogen and oxygen atoms in total. The van der Waals surface area contributed by atoms with Crippen LogP contribution in [0, 0.1) is 0 Å². The van der Waals surface area contributed by atoms with Gasteiger partial charge in [0.05, 0.1) is 24.3 Å². The SMILES string of the molecule is NCC(=O)NCC(=O)Nc1cc(C(=O)O)ccc1O. The van der Waals surface area contributed by atoms with E-state index in [2.05, 4.69) is 10.6 Å². The van der Waals surface area contributed by atoms with Crippen molar-refractivity contribution >= 4 is 23.5 Å². The monoisotopic (exact) mass is 267 g/mol. The maximum Gasteiger partial charge on any atom is 0.335 e. The standard InChI is InChI=1S/C11H13N3O5/c12-4-9(16)13-5-10(17)14-7-3-6(11(18)19)1-2-8(7)15/h1-3,15H,4-5,12H2,(H,13,16)(H,14,17)(H,18,19). The van der Waals surface area contributed by atoms with Crippen LogP contribution < -0.4 is 16.4 Å². The van der Waals surface area contributed by atoms with E-state index < -0.39 is 17.8 Å². The number of rotatable bonds is 5. The van der Waals surface area contributed by atoms with Crippen molar-refractivity contribution in [3.05, 3.63) is 23.8 Å². The summed E-state index contributed by atoms with van der Waals surface area (Å²) in [6, 6.07) is 3.46. The van der Waals surface area contributed by atoms with Crippen LogP contribution in [0.4, 0.5) is 5.69 Å². The Bertz CT molecular complexity index is 515. The summed E-state index contributed by atoms with van der Waals surface area (Å²) < 4.78 is 0. The number of aromatic hydroxyl groups is 1. The zero-order valence-corrected chi connectivity index (χ0v) is 9.84. The van der Waals surface area contributed by atoms with Crippen molar-refractivity contribution in [3.63, 3.8) is 0 Å². The lowest BCUT2D eigenvalue weighted by atomic mass is 10.2. The summed E-state index contributed by atoms with van der Waals surface area (Å²) in [7, 11) is 0. The van der Waals surface area contributed by atoms with Crippen molar-refractivity contribution in [2.24, 2.45) is 5.73 Å². The molecule has 0 aliphatic carbocycles. The highest BCUT2D eigenvalue weighted by Gasteiger charge is 2.11. The number of nitrogens with one attached hydrogen (secondary N) is 2. The number of carboxylic acid groups (broad SMARTS) is 1. The predicted octanol–water partition coefficient (Wildman–Crippen LogP) is -0.896. The number of phenols is 1. The quantitative estimate of drug-likeness (QED) is 0.438. The van der Waals surface area contributed by atoms with Crippen molar-refractivity contribution < 1.29 is 24.6 Å². The first kappa shape index (κ1) is 14.5. The molecule has 0 aromatic heterocycles. The number of carboxylic acids is 1. The molecule has 0 aliphatic heterocycles. The molecule has 0 fully saturated rings. The third-order valence-corrected chi connectivity index (χ3v) is 2.15. The van der Waals surface area contributed by atoms with Gasteiger partial charge in [0.15, 0.2) is 0 Å². The molecular formula is C11H13N3O5. The van der Waals surface area contributed by atoms with E-state index in [0.717, 1.165) is 12.1 Å². The van der Waals surface area contributed by atoms with Crippen LogP contribution in [0.1, 0.15) is 10.4 Å². The molecule has 0 saturated heterocycles. The van der Waals surface area contributed by atoms with E-state index in [9.17, 15) is 19.5 Å². The lowest BCUT2D eigenvalue weighted by Gasteiger charge is -2.08. The molecule has 102 valence electrons. The molecule has 0 bridgehead atoms. The summed E-state index contributed by atoms with van der Waals surface area (Å²) in [6.45, 7) is -0.570. The van der Waals surface area contributed by atoms with Gasteiger partial charge in [-0.2, -0.15) is 0 Å². The number of benzene rings is 1. The highest BCUT2D eigenvalue weighted by atomic mass is 16.4. The second kappa shape index (κ2) is 6.36. The molecule has 0 atom stereocenters. The maximum absolute atomic E-state index is 11.4. The smallest absolute Gasteiger partial charge is 0.335 e. The molecule has 0 aliphatic rings. The number of hydrogen-bond donors (Lipinski definition) is 5. The first-order valence-corrected chi connectivity index (χ1v) is 5.27. The second-order valence-electron chi connectivity index (χ2n) is 3.57. The highest BCUT2D eigenvalue weighted by Crippen LogP contribution is 2.24. The normalized spacial score (nSPS) is 9.74. The van der Waals surface area contributed by atoms with Crippen LogP contribution in [0.15, 0.2) is 18.2 Å². The number of phenolic OH excluding ortho intramolecular Hbond substituents is 1. The molecule has 0 unspecified atom stereocenters. The topological polar surface area (TPSA) is 142 Å². The van der Waals surface area contributed by atoms with E-state index in [-0.39, 0.29) is 30.1 Å². The Hall–Kier alpha value is -2.61. The minimum Gasteiger partial charge on any atom is -0.506 e. The Morgan fingerprint density at radius 3 is 2.47 bits per heavy atom. The molecule has 8 heteroatoms.